The van der Waals surface area contributed by atoms with Gasteiger partial charge in [0.2, 0.25) is 5.91 Å². The molecule has 3 N–H and O–H groups in total. The quantitative estimate of drug-likeness (QED) is 0.437. The smallest absolute Gasteiger partial charge is 0.272 e. The number of H-pyrrole nitrogens is 1. The lowest BCUT2D eigenvalue weighted by atomic mass is 10.1. The van der Waals surface area contributed by atoms with Crippen molar-refractivity contribution in [1.29, 1.82) is 0 Å². The summed E-state index contributed by atoms with van der Waals surface area (Å²) in [5.41, 5.74) is 2.30. The number of carbonyl (C=O) groups is 2. The predicted molar refractivity (Wildman–Crippen MR) is 130 cm³/mol. The van der Waals surface area contributed by atoms with Crippen LogP contribution in [0.15, 0.2) is 42.5 Å². The molecule has 7 nitrogen and oxygen atoms in total. The summed E-state index contributed by atoms with van der Waals surface area (Å²) in [5.74, 6) is 0.245. The third-order valence-corrected chi connectivity index (χ3v) is 6.84. The number of nitrogens with one attached hydrogen (secondary N) is 3. The molecule has 9 heteroatoms. The first-order valence-corrected chi connectivity index (χ1v) is 12.2. The Morgan fingerprint density at radius 2 is 2.12 bits per heavy atom. The highest BCUT2D eigenvalue weighted by Gasteiger charge is 2.27. The van der Waals surface area contributed by atoms with E-state index in [-0.39, 0.29) is 22.9 Å². The van der Waals surface area contributed by atoms with Crippen molar-refractivity contribution in [3.63, 3.8) is 0 Å². The molecular formula is C24H28FN5O2S. The summed E-state index contributed by atoms with van der Waals surface area (Å²) in [7, 11) is 0. The molecule has 2 aromatic carbocycles. The fourth-order valence-corrected chi connectivity index (χ4v) is 5.00. The van der Waals surface area contributed by atoms with Crippen molar-refractivity contribution >= 4 is 40.2 Å². The summed E-state index contributed by atoms with van der Waals surface area (Å²) < 4.78 is 14.0. The molecule has 174 valence electrons. The number of aromatic amines is 1. The monoisotopic (exact) mass is 469 g/mol. The lowest BCUT2D eigenvalue weighted by Gasteiger charge is -2.31. The molecular weight excluding hydrogens is 441 g/mol. The average molecular weight is 470 g/mol. The predicted octanol–water partition coefficient (Wildman–Crippen LogP) is 3.79. The van der Waals surface area contributed by atoms with Gasteiger partial charge in [-0.05, 0) is 30.7 Å². The molecule has 0 aliphatic carbocycles. The van der Waals surface area contributed by atoms with Crippen LogP contribution < -0.4 is 10.6 Å². The van der Waals surface area contributed by atoms with Gasteiger partial charge in [0.25, 0.3) is 5.91 Å². The first kappa shape index (κ1) is 23.3. The summed E-state index contributed by atoms with van der Waals surface area (Å²) in [6.07, 6.45) is 1.90. The lowest BCUT2D eigenvalue weighted by Crippen LogP contribution is -2.43. The highest BCUT2D eigenvalue weighted by molar-refractivity contribution is 8.00. The number of anilines is 1. The number of amides is 2. The van der Waals surface area contributed by atoms with E-state index in [1.807, 2.05) is 6.07 Å². The van der Waals surface area contributed by atoms with Gasteiger partial charge in [-0.1, -0.05) is 31.5 Å². The first-order chi connectivity index (χ1) is 16.0. The normalized spacial score (nSPS) is 16.6. The van der Waals surface area contributed by atoms with Crippen LogP contribution in [-0.2, 0) is 11.3 Å². The van der Waals surface area contributed by atoms with Crippen molar-refractivity contribution in [3.8, 4) is 0 Å². The minimum Gasteiger partial charge on any atom is -0.351 e. The average Bonchev–Trinajstić information content (AvgIpc) is 3.24. The van der Waals surface area contributed by atoms with Gasteiger partial charge in [-0.3, -0.25) is 19.6 Å². The molecule has 4 rings (SSSR count). The van der Waals surface area contributed by atoms with Gasteiger partial charge in [0.05, 0.1) is 10.8 Å². The van der Waals surface area contributed by atoms with Gasteiger partial charge in [-0.15, -0.1) is 11.8 Å². The van der Waals surface area contributed by atoms with E-state index < -0.39 is 0 Å². The Kier molecular flexibility index (Phi) is 7.61. The van der Waals surface area contributed by atoms with Gasteiger partial charge in [0.1, 0.15) is 5.82 Å². The second kappa shape index (κ2) is 10.8. The third-order valence-electron chi connectivity index (χ3n) is 5.66. The number of benzene rings is 2. The number of hydrogen-bond donors (Lipinski definition) is 3. The number of halogens is 1. The Bertz CT molecular complexity index is 1130. The highest BCUT2D eigenvalue weighted by Crippen LogP contribution is 2.25. The molecule has 1 aromatic heterocycles. The number of hydrogen-bond acceptors (Lipinski definition) is 5. The molecule has 1 atom stereocenters. The van der Waals surface area contributed by atoms with Crippen molar-refractivity contribution < 1.29 is 14.0 Å². The number of fused-ring (bicyclic) bond motifs is 1. The molecule has 0 radical (unpaired) electrons. The van der Waals surface area contributed by atoms with Crippen LogP contribution in [0.4, 0.5) is 10.1 Å². The topological polar surface area (TPSA) is 90.1 Å². The molecule has 0 saturated carbocycles. The zero-order valence-electron chi connectivity index (χ0n) is 18.6. The van der Waals surface area contributed by atoms with Gasteiger partial charge >= 0.3 is 0 Å². The number of aromatic nitrogens is 2. The SMILES string of the molecule is CCCCNC(=O)c1n[nH]c2ccc(NC(=O)C3CN(Cc4ccccc4F)CCS3)cc12. The van der Waals surface area contributed by atoms with Crippen molar-refractivity contribution in [2.24, 2.45) is 0 Å². The minimum absolute atomic E-state index is 0.102. The van der Waals surface area contributed by atoms with Crippen LogP contribution in [0.5, 0.6) is 0 Å². The first-order valence-electron chi connectivity index (χ1n) is 11.2. The lowest BCUT2D eigenvalue weighted by molar-refractivity contribution is -0.116. The largest absolute Gasteiger partial charge is 0.351 e. The maximum atomic E-state index is 14.0. The van der Waals surface area contributed by atoms with Crippen molar-refractivity contribution in [1.82, 2.24) is 20.4 Å². The van der Waals surface area contributed by atoms with Gasteiger partial charge < -0.3 is 10.6 Å². The zero-order chi connectivity index (χ0) is 23.2. The van der Waals surface area contributed by atoms with Gasteiger partial charge in [0.15, 0.2) is 5.69 Å². The van der Waals surface area contributed by atoms with E-state index in [1.165, 1.54) is 6.07 Å². The van der Waals surface area contributed by atoms with Crippen molar-refractivity contribution in [3.05, 3.63) is 59.5 Å². The summed E-state index contributed by atoms with van der Waals surface area (Å²) in [6, 6.07) is 12.1. The molecule has 0 spiro atoms. The van der Waals surface area contributed by atoms with Crippen LogP contribution >= 0.6 is 11.8 Å². The van der Waals surface area contributed by atoms with Gasteiger partial charge in [0, 0.05) is 48.6 Å². The van der Waals surface area contributed by atoms with E-state index in [9.17, 15) is 14.0 Å². The van der Waals surface area contributed by atoms with E-state index in [4.69, 9.17) is 0 Å². The molecule has 2 heterocycles. The number of carbonyl (C=O) groups excluding carboxylic acids is 2. The maximum absolute atomic E-state index is 14.0. The summed E-state index contributed by atoms with van der Waals surface area (Å²) in [5, 5.41) is 13.3. The molecule has 2 amide bonds. The third kappa shape index (κ3) is 5.72. The van der Waals surface area contributed by atoms with E-state index in [0.29, 0.717) is 42.0 Å². The molecule has 1 fully saturated rings. The maximum Gasteiger partial charge on any atom is 0.272 e. The second-order valence-corrected chi connectivity index (χ2v) is 9.43. The zero-order valence-corrected chi connectivity index (χ0v) is 19.4. The molecule has 1 aliphatic heterocycles. The Hall–Kier alpha value is -2.91. The van der Waals surface area contributed by atoms with Gasteiger partial charge in [-0.2, -0.15) is 5.10 Å². The number of thioether (sulfide) groups is 1. The molecule has 3 aromatic rings. The molecule has 1 unspecified atom stereocenters. The van der Waals surface area contributed by atoms with E-state index in [0.717, 1.165) is 30.7 Å². The Morgan fingerprint density at radius 3 is 2.94 bits per heavy atom. The number of unbranched alkanes of at least 4 members (excludes halogenated alkanes) is 1. The highest BCUT2D eigenvalue weighted by atomic mass is 32.2. The van der Waals surface area contributed by atoms with E-state index >= 15 is 0 Å². The molecule has 1 saturated heterocycles. The van der Waals surface area contributed by atoms with E-state index in [2.05, 4.69) is 32.7 Å². The van der Waals surface area contributed by atoms with Crippen molar-refractivity contribution in [2.45, 2.75) is 31.6 Å². The standard InChI is InChI=1S/C24H28FN5O2S/c1-2-3-10-26-24(32)22-18-13-17(8-9-20(18)28-29-22)27-23(31)21-15-30(11-12-33-21)14-16-6-4-5-7-19(16)25/h4-9,13,21H,2-3,10-12,14-15H2,1H3,(H,26,32)(H,27,31)(H,28,29). The minimum atomic E-state index is -0.262. The van der Waals surface area contributed by atoms with Crippen LogP contribution in [0.2, 0.25) is 0 Å². The molecule has 33 heavy (non-hydrogen) atoms. The van der Waals surface area contributed by atoms with Crippen molar-refractivity contribution in [2.75, 3.05) is 30.7 Å². The molecule has 1 aliphatic rings. The van der Waals surface area contributed by atoms with Gasteiger partial charge in [-0.25, -0.2) is 4.39 Å². The Morgan fingerprint density at radius 1 is 1.27 bits per heavy atom. The number of rotatable bonds is 8. The van der Waals surface area contributed by atoms with Crippen LogP contribution in [-0.4, -0.2) is 57.5 Å². The van der Waals surface area contributed by atoms with Crippen LogP contribution in [0, 0.1) is 5.82 Å². The molecule has 0 bridgehead atoms. The van der Waals surface area contributed by atoms with E-state index in [1.54, 1.807) is 42.1 Å². The summed E-state index contributed by atoms with van der Waals surface area (Å²) in [6.45, 7) is 4.50. The Balaban J connectivity index is 1.41. The fourth-order valence-electron chi connectivity index (χ4n) is 3.82. The number of nitrogens with zero attached hydrogens (tertiary/aromatic N) is 2. The van der Waals surface area contributed by atoms with Crippen LogP contribution in [0.25, 0.3) is 10.9 Å². The Labute approximate surface area is 196 Å². The summed E-state index contributed by atoms with van der Waals surface area (Å²) in [4.78, 5) is 27.5. The van der Waals surface area contributed by atoms with Crippen LogP contribution in [0.3, 0.4) is 0 Å². The fraction of sp³-hybridized carbons (Fsp3) is 0.375. The van der Waals surface area contributed by atoms with Crippen LogP contribution in [0.1, 0.15) is 35.8 Å². The second-order valence-electron chi connectivity index (χ2n) is 8.12. The summed E-state index contributed by atoms with van der Waals surface area (Å²) >= 11 is 1.60.